The number of anilines is 3. The van der Waals surface area contributed by atoms with Crippen LogP contribution in [0.4, 0.5) is 30.2 Å². The minimum absolute atomic E-state index is 0.0264. The number of fused-ring (bicyclic) bond motifs is 1. The maximum absolute atomic E-state index is 14.1. The van der Waals surface area contributed by atoms with Crippen molar-refractivity contribution in [2.45, 2.75) is 39.1 Å². The van der Waals surface area contributed by atoms with Gasteiger partial charge in [-0.15, -0.1) is 0 Å². The highest BCUT2D eigenvalue weighted by atomic mass is 35.5. The average Bonchev–Trinajstić information content (AvgIpc) is 2.78. The fourth-order valence-electron chi connectivity index (χ4n) is 4.22. The van der Waals surface area contributed by atoms with Crippen molar-refractivity contribution in [2.24, 2.45) is 0 Å². The molecule has 0 atom stereocenters. The first-order valence-electron chi connectivity index (χ1n) is 11.0. The molecule has 2 aromatic heterocycles. The van der Waals surface area contributed by atoms with Gasteiger partial charge in [-0.3, -0.25) is 9.88 Å². The molecular weight excluding hydrogens is 467 g/mol. The predicted molar refractivity (Wildman–Crippen MR) is 129 cm³/mol. The molecule has 1 aliphatic rings. The molecule has 0 bridgehead atoms. The summed E-state index contributed by atoms with van der Waals surface area (Å²) >= 11 is 6.03. The van der Waals surface area contributed by atoms with E-state index in [2.05, 4.69) is 41.0 Å². The highest BCUT2D eigenvalue weighted by Gasteiger charge is 2.36. The average molecular weight is 494 g/mol. The van der Waals surface area contributed by atoms with E-state index in [1.54, 1.807) is 23.1 Å². The van der Waals surface area contributed by atoms with Gasteiger partial charge in [0.05, 0.1) is 23.4 Å². The summed E-state index contributed by atoms with van der Waals surface area (Å²) in [6.45, 7) is 8.37. The van der Waals surface area contributed by atoms with Gasteiger partial charge < -0.3 is 15.3 Å². The molecule has 0 amide bonds. The van der Waals surface area contributed by atoms with Gasteiger partial charge in [0.25, 0.3) is 0 Å². The van der Waals surface area contributed by atoms with E-state index in [1.165, 1.54) is 12.3 Å². The second-order valence-electron chi connectivity index (χ2n) is 9.32. The number of pyridine rings is 2. The number of aliphatic hydroxyl groups excluding tert-OH is 1. The Kier molecular flexibility index (Phi) is 6.63. The molecule has 182 valence electrons. The third-order valence-corrected chi connectivity index (χ3v) is 6.28. The molecule has 1 aromatic carbocycles. The zero-order valence-electron chi connectivity index (χ0n) is 19.2. The maximum Gasteiger partial charge on any atom is 0.418 e. The van der Waals surface area contributed by atoms with Crippen molar-refractivity contribution < 1.29 is 18.3 Å². The third-order valence-electron chi connectivity index (χ3n) is 6.07. The van der Waals surface area contributed by atoms with Crippen LogP contribution in [0.15, 0.2) is 36.5 Å². The van der Waals surface area contributed by atoms with Crippen LogP contribution in [0.3, 0.4) is 0 Å². The summed E-state index contributed by atoms with van der Waals surface area (Å²) in [6, 6.07) is 7.45. The molecule has 0 unspecified atom stereocenters. The molecule has 34 heavy (non-hydrogen) atoms. The fourth-order valence-corrected chi connectivity index (χ4v) is 4.37. The molecule has 0 radical (unpaired) electrons. The summed E-state index contributed by atoms with van der Waals surface area (Å²) in [5, 5.41) is 13.0. The Bertz CT molecular complexity index is 1190. The van der Waals surface area contributed by atoms with Gasteiger partial charge in [-0.1, -0.05) is 11.6 Å². The summed E-state index contributed by atoms with van der Waals surface area (Å²) in [7, 11) is 0. The molecule has 0 spiro atoms. The molecule has 0 aliphatic carbocycles. The predicted octanol–water partition coefficient (Wildman–Crippen LogP) is 5.46. The Balaban J connectivity index is 1.69. The Morgan fingerprint density at radius 1 is 1.06 bits per heavy atom. The van der Waals surface area contributed by atoms with Gasteiger partial charge in [-0.2, -0.15) is 13.2 Å². The lowest BCUT2D eigenvalue weighted by atomic mass is 10.0. The zero-order valence-corrected chi connectivity index (χ0v) is 20.0. The maximum atomic E-state index is 14.1. The van der Waals surface area contributed by atoms with E-state index in [1.807, 2.05) is 0 Å². The van der Waals surface area contributed by atoms with Gasteiger partial charge in [0.1, 0.15) is 10.7 Å². The van der Waals surface area contributed by atoms with Crippen LogP contribution in [0.2, 0.25) is 5.15 Å². The second-order valence-corrected chi connectivity index (χ2v) is 9.71. The number of aromatic nitrogens is 2. The van der Waals surface area contributed by atoms with Gasteiger partial charge in [0.15, 0.2) is 0 Å². The summed E-state index contributed by atoms with van der Waals surface area (Å²) in [5.41, 5.74) is 1.30. The Hall–Kier alpha value is -2.62. The Morgan fingerprint density at radius 2 is 1.76 bits per heavy atom. The van der Waals surface area contributed by atoms with E-state index in [9.17, 15) is 18.3 Å². The van der Waals surface area contributed by atoms with Crippen LogP contribution in [0, 0.1) is 0 Å². The molecule has 6 nitrogen and oxygen atoms in total. The van der Waals surface area contributed by atoms with Crippen LogP contribution in [0.1, 0.15) is 31.9 Å². The minimum atomic E-state index is -4.53. The second kappa shape index (κ2) is 9.20. The molecule has 3 aromatic rings. The van der Waals surface area contributed by atoms with E-state index >= 15 is 0 Å². The number of hydrogen-bond acceptors (Lipinski definition) is 6. The highest BCUT2D eigenvalue weighted by Crippen LogP contribution is 2.40. The first-order chi connectivity index (χ1) is 16.0. The number of nitrogens with one attached hydrogen (secondary N) is 1. The number of benzene rings is 1. The number of piperazine rings is 1. The quantitative estimate of drug-likeness (QED) is 0.471. The number of alkyl halides is 3. The fraction of sp³-hybridized carbons (Fsp3) is 0.417. The topological polar surface area (TPSA) is 64.5 Å². The summed E-state index contributed by atoms with van der Waals surface area (Å²) < 4.78 is 42.3. The van der Waals surface area contributed by atoms with Crippen molar-refractivity contribution in [3.63, 3.8) is 0 Å². The van der Waals surface area contributed by atoms with Gasteiger partial charge in [-0.25, -0.2) is 4.98 Å². The normalized spacial score (nSPS) is 15.7. The lowest BCUT2D eigenvalue weighted by Gasteiger charge is -2.43. The largest absolute Gasteiger partial charge is 0.418 e. The minimum Gasteiger partial charge on any atom is -0.392 e. The van der Waals surface area contributed by atoms with Crippen molar-refractivity contribution in [1.29, 1.82) is 0 Å². The number of halogens is 4. The zero-order chi connectivity index (χ0) is 24.7. The molecular formula is C24H27ClF3N5O. The number of aliphatic hydroxyl groups is 1. The monoisotopic (exact) mass is 493 g/mol. The molecule has 0 saturated carbocycles. The standard InChI is InChI=1S/C24H27ClF3N5O/c1-23(2,3)33-10-8-32(9-11-33)19-6-4-16(12-17(19)24(26,27)28)30-21-15(14-34)13-29-18-5-7-20(25)31-22(18)21/h4-7,12-13,34H,8-11,14H2,1-3H3,(H,29,30). The van der Waals surface area contributed by atoms with Crippen LogP contribution in [0.5, 0.6) is 0 Å². The molecule has 1 fully saturated rings. The van der Waals surface area contributed by atoms with Crippen LogP contribution in [-0.2, 0) is 12.8 Å². The lowest BCUT2D eigenvalue weighted by molar-refractivity contribution is -0.137. The van der Waals surface area contributed by atoms with Crippen LogP contribution >= 0.6 is 11.6 Å². The molecule has 10 heteroatoms. The summed E-state index contributed by atoms with van der Waals surface area (Å²) in [6.07, 6.45) is -3.07. The van der Waals surface area contributed by atoms with Crippen LogP contribution < -0.4 is 10.2 Å². The van der Waals surface area contributed by atoms with Crippen molar-refractivity contribution in [2.75, 3.05) is 36.4 Å². The smallest absolute Gasteiger partial charge is 0.392 e. The third kappa shape index (κ3) is 5.06. The van der Waals surface area contributed by atoms with E-state index in [4.69, 9.17) is 11.6 Å². The number of rotatable bonds is 4. The highest BCUT2D eigenvalue weighted by molar-refractivity contribution is 6.29. The molecule has 1 saturated heterocycles. The Morgan fingerprint density at radius 3 is 2.38 bits per heavy atom. The van der Waals surface area contributed by atoms with Crippen LogP contribution in [0.25, 0.3) is 11.0 Å². The molecule has 3 heterocycles. The summed E-state index contributed by atoms with van der Waals surface area (Å²) in [5.74, 6) is 0. The van der Waals surface area contributed by atoms with Crippen molar-refractivity contribution in [3.05, 3.63) is 52.8 Å². The lowest BCUT2D eigenvalue weighted by Crippen LogP contribution is -2.53. The van der Waals surface area contributed by atoms with Gasteiger partial charge in [-0.05, 0) is 51.1 Å². The SMILES string of the molecule is CC(C)(C)N1CCN(c2ccc(Nc3c(CO)cnc4ccc(Cl)nc34)cc2C(F)(F)F)CC1. The molecule has 2 N–H and O–H groups in total. The van der Waals surface area contributed by atoms with Crippen molar-refractivity contribution in [3.8, 4) is 0 Å². The summed E-state index contributed by atoms with van der Waals surface area (Å²) in [4.78, 5) is 12.6. The van der Waals surface area contributed by atoms with Crippen molar-refractivity contribution >= 4 is 39.7 Å². The van der Waals surface area contributed by atoms with Gasteiger partial charge >= 0.3 is 6.18 Å². The van der Waals surface area contributed by atoms with Crippen LogP contribution in [-0.4, -0.2) is 51.7 Å². The first kappa shape index (κ1) is 24.5. The molecule has 4 rings (SSSR count). The van der Waals surface area contributed by atoms with Gasteiger partial charge in [0.2, 0.25) is 0 Å². The van der Waals surface area contributed by atoms with E-state index in [0.29, 0.717) is 48.5 Å². The Labute approximate surface area is 201 Å². The first-order valence-corrected chi connectivity index (χ1v) is 11.4. The number of nitrogens with zero attached hydrogens (tertiary/aromatic N) is 4. The van der Waals surface area contributed by atoms with Crippen molar-refractivity contribution in [1.82, 2.24) is 14.9 Å². The van der Waals surface area contributed by atoms with Gasteiger partial charge in [0, 0.05) is 54.9 Å². The molecule has 1 aliphatic heterocycles. The van der Waals surface area contributed by atoms with E-state index < -0.39 is 11.7 Å². The number of hydrogen-bond donors (Lipinski definition) is 2. The van der Waals surface area contributed by atoms with E-state index in [0.717, 1.165) is 6.07 Å². The van der Waals surface area contributed by atoms with E-state index in [-0.39, 0.29) is 28.7 Å².